The van der Waals surface area contributed by atoms with E-state index >= 15 is 0 Å². The normalized spacial score (nSPS) is 20.0. The molecule has 0 N–H and O–H groups in total. The van der Waals surface area contributed by atoms with Crippen LogP contribution in [0.3, 0.4) is 0 Å². The Morgan fingerprint density at radius 2 is 1.97 bits per heavy atom. The van der Waals surface area contributed by atoms with Crippen LogP contribution in [-0.2, 0) is 17.6 Å². The molecule has 6 nitrogen and oxygen atoms in total. The van der Waals surface area contributed by atoms with Gasteiger partial charge in [-0.05, 0) is 60.6 Å². The second kappa shape index (κ2) is 9.12. The molecule has 1 amide bonds. The average molecular weight is 460 g/mol. The molecule has 33 heavy (non-hydrogen) atoms. The number of amides is 1. The van der Waals surface area contributed by atoms with Crippen molar-refractivity contribution in [2.45, 2.75) is 32.7 Å². The predicted octanol–water partition coefficient (Wildman–Crippen LogP) is 4.10. The summed E-state index contributed by atoms with van der Waals surface area (Å²) in [6.45, 7) is 8.85. The number of hydrogen-bond donors (Lipinski definition) is 0. The molecule has 2 atom stereocenters. The first-order chi connectivity index (χ1) is 16.0. The van der Waals surface area contributed by atoms with Gasteiger partial charge in [0.05, 0.1) is 10.8 Å². The maximum absolute atomic E-state index is 12.6. The lowest BCUT2D eigenvalue weighted by molar-refractivity contribution is -0.122. The Morgan fingerprint density at radius 3 is 2.76 bits per heavy atom. The van der Waals surface area contributed by atoms with Gasteiger partial charge in [0.2, 0.25) is 5.91 Å². The Bertz CT molecular complexity index is 1210. The highest BCUT2D eigenvalue weighted by Crippen LogP contribution is 2.33. The van der Waals surface area contributed by atoms with Gasteiger partial charge >= 0.3 is 0 Å². The van der Waals surface area contributed by atoms with Crippen LogP contribution in [0.25, 0.3) is 10.1 Å². The first-order valence-corrected chi connectivity index (χ1v) is 12.5. The first kappa shape index (κ1) is 21.9. The van der Waals surface area contributed by atoms with Crippen molar-refractivity contribution in [3.63, 3.8) is 0 Å². The van der Waals surface area contributed by atoms with Gasteiger partial charge in [-0.2, -0.15) is 9.64 Å². The van der Waals surface area contributed by atoms with Crippen molar-refractivity contribution in [2.24, 2.45) is 5.92 Å². The van der Waals surface area contributed by atoms with Crippen molar-refractivity contribution in [2.75, 3.05) is 42.5 Å². The molecule has 5 rings (SSSR count). The number of carbonyl (C=O) groups is 1. The summed E-state index contributed by atoms with van der Waals surface area (Å²) in [5.41, 5.74) is 3.38. The number of nitriles is 1. The number of nitrogens with zero attached hydrogens (tertiary/aromatic N) is 5. The molecule has 0 aliphatic carbocycles. The molecule has 3 heterocycles. The Balaban J connectivity index is 1.21. The van der Waals surface area contributed by atoms with E-state index in [1.807, 2.05) is 13.0 Å². The lowest BCUT2D eigenvalue weighted by Crippen LogP contribution is -2.47. The smallest absolute Gasteiger partial charge is 0.231 e. The Hall–Kier alpha value is -2.95. The zero-order valence-corrected chi connectivity index (χ0v) is 20.0. The molecule has 2 unspecified atom stereocenters. The van der Waals surface area contributed by atoms with Gasteiger partial charge in [0.25, 0.3) is 0 Å². The molecule has 2 aromatic carbocycles. The van der Waals surface area contributed by atoms with E-state index in [0.29, 0.717) is 0 Å². The minimum Gasteiger partial charge on any atom is -0.353 e. The van der Waals surface area contributed by atoms with Gasteiger partial charge in [-0.3, -0.25) is 14.6 Å². The van der Waals surface area contributed by atoms with E-state index in [1.54, 1.807) is 23.4 Å². The van der Waals surface area contributed by atoms with Gasteiger partial charge in [0.1, 0.15) is 11.9 Å². The summed E-state index contributed by atoms with van der Waals surface area (Å²) in [5.74, 6) is 1.10. The van der Waals surface area contributed by atoms with Crippen LogP contribution in [0, 0.1) is 17.2 Å². The molecule has 3 aromatic rings. The van der Waals surface area contributed by atoms with Gasteiger partial charge in [-0.25, -0.2) is 0 Å². The molecule has 1 saturated heterocycles. The van der Waals surface area contributed by atoms with E-state index in [9.17, 15) is 10.1 Å². The van der Waals surface area contributed by atoms with Crippen LogP contribution in [0.4, 0.5) is 11.5 Å². The van der Waals surface area contributed by atoms with Crippen LogP contribution in [0.1, 0.15) is 25.0 Å². The molecule has 2 aliphatic rings. The minimum atomic E-state index is -0.448. The van der Waals surface area contributed by atoms with Gasteiger partial charge in [0, 0.05) is 49.7 Å². The fraction of sp³-hybridized carbons (Fsp3) is 0.423. The van der Waals surface area contributed by atoms with Crippen LogP contribution in [0.2, 0.25) is 0 Å². The third-order valence-electron chi connectivity index (χ3n) is 6.91. The molecular weight excluding hydrogens is 430 g/mol. The lowest BCUT2D eigenvalue weighted by atomic mass is 9.90. The zero-order valence-electron chi connectivity index (χ0n) is 19.2. The average Bonchev–Trinajstić information content (AvgIpc) is 3.27. The summed E-state index contributed by atoms with van der Waals surface area (Å²) < 4.78 is 5.97. The number of benzene rings is 2. The number of carbonyl (C=O) groups excluding carboxylic acids is 1. The topological polar surface area (TPSA) is 63.5 Å². The highest BCUT2D eigenvalue weighted by Gasteiger charge is 2.33. The summed E-state index contributed by atoms with van der Waals surface area (Å²) >= 11 is 1.58. The maximum atomic E-state index is 12.6. The fourth-order valence-corrected chi connectivity index (χ4v) is 5.79. The van der Waals surface area contributed by atoms with Gasteiger partial charge in [-0.15, -0.1) is 0 Å². The van der Waals surface area contributed by atoms with Crippen molar-refractivity contribution in [1.29, 1.82) is 5.26 Å². The molecule has 0 bridgehead atoms. The van der Waals surface area contributed by atoms with E-state index in [-0.39, 0.29) is 11.8 Å². The lowest BCUT2D eigenvalue weighted by Gasteiger charge is -2.36. The third kappa shape index (κ3) is 4.21. The van der Waals surface area contributed by atoms with E-state index in [1.165, 1.54) is 21.2 Å². The number of rotatable bonds is 5. The number of fused-ring (bicyclic) bond motifs is 2. The van der Waals surface area contributed by atoms with E-state index < -0.39 is 6.04 Å². The molecule has 1 fully saturated rings. The summed E-state index contributed by atoms with van der Waals surface area (Å²) in [5, 5.41) is 10.6. The van der Waals surface area contributed by atoms with E-state index in [4.69, 9.17) is 4.37 Å². The van der Waals surface area contributed by atoms with Crippen LogP contribution >= 0.6 is 11.5 Å². The van der Waals surface area contributed by atoms with Crippen molar-refractivity contribution in [3.8, 4) is 6.07 Å². The fourth-order valence-electron chi connectivity index (χ4n) is 4.99. The Labute approximate surface area is 199 Å². The standard InChI is InChI=1S/C26H29N5OS/c1-18-15-21-16-20(7-8-23(21)31(26(18)32)19(2)17-27)9-10-29-11-13-30(14-12-29)25-22-5-3-4-6-24(22)33-28-25/h3-8,16,18-19H,9-15H2,1-2H3. The minimum absolute atomic E-state index is 0.0510. The van der Waals surface area contributed by atoms with Gasteiger partial charge in [-0.1, -0.05) is 31.2 Å². The first-order valence-electron chi connectivity index (χ1n) is 11.7. The molecule has 0 radical (unpaired) electrons. The molecule has 0 saturated carbocycles. The van der Waals surface area contributed by atoms with Crippen molar-refractivity contribution >= 4 is 39.0 Å². The van der Waals surface area contributed by atoms with Crippen LogP contribution in [-0.4, -0.2) is 53.9 Å². The summed E-state index contributed by atoms with van der Waals surface area (Å²) in [7, 11) is 0. The van der Waals surface area contributed by atoms with E-state index in [2.05, 4.69) is 52.3 Å². The maximum Gasteiger partial charge on any atom is 0.231 e. The molecular formula is C26H29N5OS. The zero-order chi connectivity index (χ0) is 22.9. The monoisotopic (exact) mass is 459 g/mol. The second-order valence-corrected chi connectivity index (χ2v) is 9.97. The molecule has 2 aliphatic heterocycles. The number of hydrogen-bond acceptors (Lipinski definition) is 6. The van der Waals surface area contributed by atoms with E-state index in [0.717, 1.165) is 57.1 Å². The molecule has 7 heteroatoms. The number of anilines is 2. The summed E-state index contributed by atoms with van der Waals surface area (Å²) in [6.07, 6.45) is 1.74. The number of aromatic nitrogens is 1. The van der Waals surface area contributed by atoms with Crippen LogP contribution in [0.15, 0.2) is 42.5 Å². The molecule has 0 spiro atoms. The predicted molar refractivity (Wildman–Crippen MR) is 134 cm³/mol. The molecule has 1 aromatic heterocycles. The van der Waals surface area contributed by atoms with Crippen molar-refractivity contribution < 1.29 is 4.79 Å². The molecule has 170 valence electrons. The van der Waals surface area contributed by atoms with Gasteiger partial charge in [0.15, 0.2) is 0 Å². The Morgan fingerprint density at radius 1 is 1.18 bits per heavy atom. The quantitative estimate of drug-likeness (QED) is 0.575. The van der Waals surface area contributed by atoms with Gasteiger partial charge < -0.3 is 4.90 Å². The van der Waals surface area contributed by atoms with Crippen molar-refractivity contribution in [3.05, 3.63) is 53.6 Å². The second-order valence-electron chi connectivity index (χ2n) is 9.16. The highest BCUT2D eigenvalue weighted by molar-refractivity contribution is 7.13. The third-order valence-corrected chi connectivity index (χ3v) is 7.73. The number of piperazine rings is 1. The Kier molecular flexibility index (Phi) is 6.05. The summed E-state index contributed by atoms with van der Waals surface area (Å²) in [4.78, 5) is 19.3. The highest BCUT2D eigenvalue weighted by atomic mass is 32.1. The van der Waals surface area contributed by atoms with Crippen LogP contribution in [0.5, 0.6) is 0 Å². The van der Waals surface area contributed by atoms with Crippen molar-refractivity contribution in [1.82, 2.24) is 9.27 Å². The largest absolute Gasteiger partial charge is 0.353 e. The SMILES string of the molecule is CC1Cc2cc(CCN3CCN(c4nsc5ccccc45)CC3)ccc2N(C(C)C#N)C1=O. The summed E-state index contributed by atoms with van der Waals surface area (Å²) in [6, 6.07) is 16.6. The van der Waals surface area contributed by atoms with Crippen LogP contribution < -0.4 is 9.80 Å².